The quantitative estimate of drug-likeness (QED) is 0.104. The normalized spacial score (nSPS) is 13.2. The molecule has 2 amide bonds. The minimum atomic E-state index is -1.18. The molecule has 2 aromatic heterocycles. The van der Waals surface area contributed by atoms with Gasteiger partial charge in [0.15, 0.2) is 0 Å². The molecule has 0 aliphatic heterocycles. The fraction of sp³-hybridized carbons (Fsp3) is 0.450. The molecule has 0 aliphatic carbocycles. The van der Waals surface area contributed by atoms with E-state index in [0.29, 0.717) is 29.6 Å². The summed E-state index contributed by atoms with van der Waals surface area (Å²) in [6.07, 6.45) is 1.09. The van der Waals surface area contributed by atoms with Crippen LogP contribution in [0.4, 0.5) is 10.5 Å². The lowest BCUT2D eigenvalue weighted by Gasteiger charge is -2.28. The molecule has 2 N–H and O–H groups in total. The molecule has 2 atom stereocenters. The second kappa shape index (κ2) is 16.6. The summed E-state index contributed by atoms with van der Waals surface area (Å²) in [5.41, 5.74) is 5.86. The molecule has 1 unspecified atom stereocenters. The maximum absolute atomic E-state index is 14.0. The first-order valence-corrected chi connectivity index (χ1v) is 21.9. The molecule has 4 aromatic rings. The van der Waals surface area contributed by atoms with E-state index in [1.807, 2.05) is 81.9 Å². The van der Waals surface area contributed by atoms with Gasteiger partial charge in [-0.25, -0.2) is 9.48 Å². The monoisotopic (exact) mass is 747 g/mol. The Morgan fingerprint density at radius 3 is 2.19 bits per heavy atom. The zero-order valence-corrected chi connectivity index (χ0v) is 34.1. The molecule has 0 saturated carbocycles. The first kappa shape index (κ1) is 40.6. The Hall–Kier alpha value is -4.19. The van der Waals surface area contributed by atoms with Crippen LogP contribution in [0, 0.1) is 13.8 Å². The zero-order valence-electron chi connectivity index (χ0n) is 32.4. The lowest BCUT2D eigenvalue weighted by atomic mass is 9.90. The van der Waals surface area contributed by atoms with Gasteiger partial charge in [-0.3, -0.25) is 9.59 Å². The second-order valence-electron chi connectivity index (χ2n) is 15.9. The first-order valence-electron chi connectivity index (χ1n) is 17.8. The Balaban J connectivity index is 1.58. The number of nitrogens with zero attached hydrogens (tertiary/aromatic N) is 3. The van der Waals surface area contributed by atoms with Gasteiger partial charge in [-0.05, 0) is 107 Å². The third kappa shape index (κ3) is 10.7. The minimum absolute atomic E-state index is 0.0202. The largest absolute Gasteiger partial charge is 0.444 e. The smallest absolute Gasteiger partial charge is 0.408 e. The van der Waals surface area contributed by atoms with Crippen LogP contribution in [-0.2, 0) is 21.0 Å². The van der Waals surface area contributed by atoms with Gasteiger partial charge in [-0.15, -0.1) is 0 Å². The van der Waals surface area contributed by atoms with E-state index in [1.54, 1.807) is 37.5 Å². The Morgan fingerprint density at radius 1 is 0.942 bits per heavy atom. The summed E-state index contributed by atoms with van der Waals surface area (Å²) in [7, 11) is -1.18. The number of aryl methyl sites for hydroxylation is 1. The van der Waals surface area contributed by atoms with Gasteiger partial charge in [-0.2, -0.15) is 5.10 Å². The molecule has 2 aromatic carbocycles. The van der Waals surface area contributed by atoms with Crippen molar-refractivity contribution in [2.75, 3.05) is 11.9 Å². The summed E-state index contributed by atoms with van der Waals surface area (Å²) in [5, 5.41) is 10.9. The van der Waals surface area contributed by atoms with Gasteiger partial charge in [0.2, 0.25) is 5.91 Å². The van der Waals surface area contributed by atoms with Crippen LogP contribution >= 0.6 is 11.6 Å². The minimum Gasteiger partial charge on any atom is -0.444 e. The fourth-order valence-corrected chi connectivity index (χ4v) is 6.94. The van der Waals surface area contributed by atoms with E-state index in [-0.39, 0.29) is 11.6 Å². The molecule has 0 spiro atoms. The molecule has 0 fully saturated rings. The number of halogens is 1. The number of aromatic nitrogens is 3. The summed E-state index contributed by atoms with van der Waals surface area (Å²) >= 11 is 6.75. The van der Waals surface area contributed by atoms with Gasteiger partial charge in [-0.1, -0.05) is 56.4 Å². The van der Waals surface area contributed by atoms with Crippen molar-refractivity contribution in [1.82, 2.24) is 19.7 Å². The number of carbonyl (C=O) groups is 2. The van der Waals surface area contributed by atoms with Gasteiger partial charge in [0.1, 0.15) is 18.4 Å². The van der Waals surface area contributed by atoms with Crippen LogP contribution in [0.15, 0.2) is 65.6 Å². The van der Waals surface area contributed by atoms with E-state index in [4.69, 9.17) is 26.2 Å². The molecule has 0 radical (unpaired) electrons. The van der Waals surface area contributed by atoms with Crippen LogP contribution in [0.1, 0.15) is 70.5 Å². The van der Waals surface area contributed by atoms with Gasteiger partial charge in [0.25, 0.3) is 5.56 Å². The standard InChI is InChI=1S/C40H54ClN5O5Si/c1-25(2)45-23-31(15-19-35(45)47)30-14-18-34(41)33(22-30)26(3)37(43-39(49)51-40(6,7)8)38(48)42-32-16-12-29(13-17-32)36-27(4)44-46(28(36)5)24-50-20-21-52(9,10)11/h12-19,22-23,25-26,37H,20-21,24H2,1-11H3,(H,42,48)(H,43,49)/t26?,37-/m0/s1. The molecule has 0 bridgehead atoms. The molecule has 4 rings (SSSR count). The number of nitrogens with one attached hydrogen (secondary N) is 2. The average Bonchev–Trinajstić information content (AvgIpc) is 3.33. The second-order valence-corrected chi connectivity index (χ2v) is 21.9. The molecule has 280 valence electrons. The van der Waals surface area contributed by atoms with Crippen LogP contribution in [0.25, 0.3) is 22.3 Å². The van der Waals surface area contributed by atoms with Gasteiger partial charge >= 0.3 is 6.09 Å². The van der Waals surface area contributed by atoms with Crippen molar-refractivity contribution < 1.29 is 19.1 Å². The summed E-state index contributed by atoms with van der Waals surface area (Å²) < 4.78 is 15.1. The summed E-state index contributed by atoms with van der Waals surface area (Å²) in [5.74, 6) is -1.00. The van der Waals surface area contributed by atoms with E-state index in [1.165, 1.54) is 6.07 Å². The number of pyridine rings is 1. The highest BCUT2D eigenvalue weighted by Gasteiger charge is 2.32. The Kier molecular flexibility index (Phi) is 13.0. The predicted octanol–water partition coefficient (Wildman–Crippen LogP) is 9.18. The highest BCUT2D eigenvalue weighted by Crippen LogP contribution is 2.33. The van der Waals surface area contributed by atoms with Crippen LogP contribution < -0.4 is 16.2 Å². The highest BCUT2D eigenvalue weighted by atomic mass is 35.5. The molecule has 52 heavy (non-hydrogen) atoms. The maximum atomic E-state index is 14.0. The molecular formula is C40H54ClN5O5Si. The molecule has 12 heteroatoms. The SMILES string of the molecule is Cc1nn(COCC[Si](C)(C)C)c(C)c1-c1ccc(NC(=O)[C@@H](NC(=O)OC(C)(C)C)C(C)c2cc(-c3ccc(=O)n(C(C)C)c3)ccc2Cl)cc1. The van der Waals surface area contributed by atoms with Crippen molar-refractivity contribution in [3.8, 4) is 22.3 Å². The van der Waals surface area contributed by atoms with Crippen molar-refractivity contribution in [3.05, 3.63) is 93.1 Å². The van der Waals surface area contributed by atoms with Gasteiger partial charge < -0.3 is 24.7 Å². The summed E-state index contributed by atoms with van der Waals surface area (Å²) in [6, 6.07) is 16.4. The number of anilines is 1. The predicted molar refractivity (Wildman–Crippen MR) is 213 cm³/mol. The fourth-order valence-electron chi connectivity index (χ4n) is 5.89. The lowest BCUT2D eigenvalue weighted by Crippen LogP contribution is -2.48. The van der Waals surface area contributed by atoms with Crippen LogP contribution in [0.3, 0.4) is 0 Å². The van der Waals surface area contributed by atoms with Crippen molar-refractivity contribution in [2.24, 2.45) is 0 Å². The number of rotatable bonds is 13. The van der Waals surface area contributed by atoms with Crippen LogP contribution in [0.2, 0.25) is 30.7 Å². The number of ether oxygens (including phenoxy) is 2. The lowest BCUT2D eigenvalue weighted by molar-refractivity contribution is -0.118. The summed E-state index contributed by atoms with van der Waals surface area (Å²) in [4.78, 5) is 39.5. The number of hydrogen-bond donors (Lipinski definition) is 2. The van der Waals surface area contributed by atoms with Crippen LogP contribution in [-0.4, -0.2) is 52.7 Å². The van der Waals surface area contributed by atoms with Crippen molar-refractivity contribution in [2.45, 2.75) is 111 Å². The van der Waals surface area contributed by atoms with Crippen LogP contribution in [0.5, 0.6) is 0 Å². The number of benzene rings is 2. The van der Waals surface area contributed by atoms with E-state index in [0.717, 1.165) is 39.7 Å². The van der Waals surface area contributed by atoms with E-state index in [9.17, 15) is 14.4 Å². The maximum Gasteiger partial charge on any atom is 0.408 e. The van der Waals surface area contributed by atoms with E-state index < -0.39 is 37.6 Å². The average molecular weight is 748 g/mol. The molecule has 0 aliphatic rings. The summed E-state index contributed by atoms with van der Waals surface area (Å²) in [6.45, 7) is 23.1. The third-order valence-corrected chi connectivity index (χ3v) is 10.8. The topological polar surface area (TPSA) is 116 Å². The third-order valence-electron chi connectivity index (χ3n) is 8.80. The van der Waals surface area contributed by atoms with Crippen molar-refractivity contribution >= 4 is 37.4 Å². The zero-order chi connectivity index (χ0) is 38.5. The number of carbonyl (C=O) groups excluding carboxylic acids is 2. The Labute approximate surface area is 313 Å². The highest BCUT2D eigenvalue weighted by molar-refractivity contribution is 6.76. The molecule has 10 nitrogen and oxygen atoms in total. The Morgan fingerprint density at radius 2 is 1.58 bits per heavy atom. The Bertz CT molecular complexity index is 1940. The molecule has 0 saturated heterocycles. The number of amides is 2. The number of alkyl carbamates (subject to hydrolysis) is 1. The number of hydrogen-bond acceptors (Lipinski definition) is 6. The van der Waals surface area contributed by atoms with Gasteiger partial charge in [0, 0.05) is 60.9 Å². The van der Waals surface area contributed by atoms with Gasteiger partial charge in [0.05, 0.1) is 5.69 Å². The van der Waals surface area contributed by atoms with Crippen molar-refractivity contribution in [1.29, 1.82) is 0 Å². The van der Waals surface area contributed by atoms with E-state index >= 15 is 0 Å². The molecular weight excluding hydrogens is 694 g/mol. The molecule has 2 heterocycles. The van der Waals surface area contributed by atoms with Crippen molar-refractivity contribution in [3.63, 3.8) is 0 Å². The first-order chi connectivity index (χ1) is 24.2. The van der Waals surface area contributed by atoms with E-state index in [2.05, 4.69) is 30.3 Å².